The molecule has 1 atom stereocenters. The number of nitrogens with one attached hydrogen (secondary N) is 2. The second-order valence-electron chi connectivity index (χ2n) is 8.06. The van der Waals surface area contributed by atoms with Gasteiger partial charge in [0, 0.05) is 6.54 Å². The number of nitrogens with zero attached hydrogens (tertiary/aromatic N) is 1. The number of benzene rings is 1. The molecule has 7 heteroatoms. The summed E-state index contributed by atoms with van der Waals surface area (Å²) in [6, 6.07) is 10.2. The van der Waals surface area contributed by atoms with Gasteiger partial charge in [-0.15, -0.1) is 24.0 Å². The second-order valence-corrected chi connectivity index (χ2v) is 8.84. The third-order valence-electron chi connectivity index (χ3n) is 4.17. The fraction of sp³-hybridized carbons (Fsp3) is 0.500. The minimum atomic E-state index is -0.944. The molecule has 3 N–H and O–H groups in total. The predicted molar refractivity (Wildman–Crippen MR) is 133 cm³/mol. The van der Waals surface area contributed by atoms with Crippen LogP contribution in [0.3, 0.4) is 0 Å². The molecule has 0 radical (unpaired) electrons. The van der Waals surface area contributed by atoms with Crippen molar-refractivity contribution in [3.63, 3.8) is 0 Å². The van der Waals surface area contributed by atoms with E-state index in [1.54, 1.807) is 11.3 Å². The molecule has 0 aliphatic heterocycles. The van der Waals surface area contributed by atoms with Gasteiger partial charge in [-0.1, -0.05) is 24.3 Å². The summed E-state index contributed by atoms with van der Waals surface area (Å²) in [4.78, 5) is 4.66. The van der Waals surface area contributed by atoms with Gasteiger partial charge in [0.05, 0.1) is 25.3 Å². The highest BCUT2D eigenvalue weighted by Crippen LogP contribution is 2.22. The van der Waals surface area contributed by atoms with Crippen molar-refractivity contribution < 1.29 is 9.84 Å². The molecule has 2 aromatic rings. The van der Waals surface area contributed by atoms with E-state index in [9.17, 15) is 5.11 Å². The smallest absolute Gasteiger partial charge is 0.191 e. The van der Waals surface area contributed by atoms with E-state index >= 15 is 0 Å². The summed E-state index contributed by atoms with van der Waals surface area (Å²) >= 11 is 1.58. The molecule has 1 aromatic carbocycles. The second kappa shape index (κ2) is 11.9. The molecule has 0 aliphatic carbocycles. The van der Waals surface area contributed by atoms with Crippen LogP contribution in [0.2, 0.25) is 0 Å². The highest BCUT2D eigenvalue weighted by Gasteiger charge is 2.23. The topological polar surface area (TPSA) is 65.9 Å². The average Bonchev–Trinajstić information content (AvgIpc) is 3.18. The number of hydrogen-bond acceptors (Lipinski definition) is 4. The van der Waals surface area contributed by atoms with Gasteiger partial charge in [0.25, 0.3) is 0 Å². The van der Waals surface area contributed by atoms with E-state index in [-0.39, 0.29) is 29.6 Å². The minimum absolute atomic E-state index is 0. The Kier molecular flexibility index (Phi) is 10.6. The van der Waals surface area contributed by atoms with Crippen molar-refractivity contribution >= 4 is 41.3 Å². The zero-order valence-electron chi connectivity index (χ0n) is 18.0. The highest BCUT2D eigenvalue weighted by molar-refractivity contribution is 14.0. The first-order valence-corrected chi connectivity index (χ1v) is 10.6. The summed E-state index contributed by atoms with van der Waals surface area (Å²) in [6.07, 6.45) is 0. The molecule has 1 unspecified atom stereocenters. The van der Waals surface area contributed by atoms with Crippen LogP contribution in [0.4, 0.5) is 0 Å². The number of aliphatic imine (C=N–C) groups is 1. The molecule has 0 amide bonds. The Morgan fingerprint density at radius 3 is 2.48 bits per heavy atom. The number of rotatable bonds is 8. The van der Waals surface area contributed by atoms with Gasteiger partial charge < -0.3 is 20.5 Å². The van der Waals surface area contributed by atoms with Gasteiger partial charge in [0.2, 0.25) is 0 Å². The van der Waals surface area contributed by atoms with E-state index in [0.717, 1.165) is 23.2 Å². The lowest BCUT2D eigenvalue weighted by atomic mass is 9.99. The molecule has 0 spiro atoms. The van der Waals surface area contributed by atoms with E-state index in [1.807, 2.05) is 36.7 Å². The summed E-state index contributed by atoms with van der Waals surface area (Å²) in [6.45, 7) is 12.3. The van der Waals surface area contributed by atoms with E-state index in [2.05, 4.69) is 54.6 Å². The van der Waals surface area contributed by atoms with Crippen molar-refractivity contribution in [2.45, 2.75) is 59.0 Å². The summed E-state index contributed by atoms with van der Waals surface area (Å²) in [5, 5.41) is 21.1. The molecular formula is C22H34IN3O2S. The number of halogens is 1. The maximum atomic E-state index is 10.7. The van der Waals surface area contributed by atoms with E-state index in [1.165, 1.54) is 0 Å². The van der Waals surface area contributed by atoms with Gasteiger partial charge in [0.1, 0.15) is 5.60 Å². The first-order chi connectivity index (χ1) is 13.2. The SMILES string of the molecule is CCNC(=NCc1cccc(COC(C)(C)C)c1)NCC(C)(O)c1ccsc1.I. The van der Waals surface area contributed by atoms with Crippen LogP contribution in [0, 0.1) is 0 Å². The van der Waals surface area contributed by atoms with Crippen molar-refractivity contribution in [1.29, 1.82) is 0 Å². The number of guanidine groups is 1. The highest BCUT2D eigenvalue weighted by atomic mass is 127. The van der Waals surface area contributed by atoms with Crippen LogP contribution in [-0.2, 0) is 23.5 Å². The van der Waals surface area contributed by atoms with E-state index in [4.69, 9.17) is 4.74 Å². The van der Waals surface area contributed by atoms with Gasteiger partial charge in [-0.2, -0.15) is 11.3 Å². The zero-order valence-corrected chi connectivity index (χ0v) is 21.1. The predicted octanol–water partition coefficient (Wildman–Crippen LogP) is 4.64. The van der Waals surface area contributed by atoms with Gasteiger partial charge in [-0.3, -0.25) is 0 Å². The molecular weight excluding hydrogens is 497 g/mol. The molecule has 0 fully saturated rings. The van der Waals surface area contributed by atoms with Crippen LogP contribution < -0.4 is 10.6 Å². The zero-order chi connectivity index (χ0) is 20.6. The molecule has 0 aliphatic rings. The number of thiophene rings is 1. The maximum absolute atomic E-state index is 10.7. The van der Waals surface area contributed by atoms with Gasteiger partial charge in [0.15, 0.2) is 5.96 Å². The summed E-state index contributed by atoms with van der Waals surface area (Å²) < 4.78 is 5.86. The summed E-state index contributed by atoms with van der Waals surface area (Å²) in [5.74, 6) is 0.689. The molecule has 0 bridgehead atoms. The Morgan fingerprint density at radius 1 is 1.14 bits per heavy atom. The fourth-order valence-electron chi connectivity index (χ4n) is 2.56. The third kappa shape index (κ3) is 9.46. The first-order valence-electron chi connectivity index (χ1n) is 9.68. The average molecular weight is 532 g/mol. The lowest BCUT2D eigenvalue weighted by molar-refractivity contribution is -0.0149. The Labute approximate surface area is 196 Å². The number of hydrogen-bond donors (Lipinski definition) is 3. The van der Waals surface area contributed by atoms with Crippen molar-refractivity contribution in [2.75, 3.05) is 13.1 Å². The Balaban J connectivity index is 0.00000420. The van der Waals surface area contributed by atoms with E-state index < -0.39 is 5.60 Å². The van der Waals surface area contributed by atoms with Crippen LogP contribution in [0.15, 0.2) is 46.1 Å². The Bertz CT molecular complexity index is 756. The largest absolute Gasteiger partial charge is 0.384 e. The number of aliphatic hydroxyl groups is 1. The minimum Gasteiger partial charge on any atom is -0.384 e. The molecule has 29 heavy (non-hydrogen) atoms. The fourth-order valence-corrected chi connectivity index (χ4v) is 3.34. The molecule has 1 aromatic heterocycles. The van der Waals surface area contributed by atoms with Crippen LogP contribution in [0.5, 0.6) is 0 Å². The lowest BCUT2D eigenvalue weighted by Crippen LogP contribution is -2.44. The van der Waals surface area contributed by atoms with Gasteiger partial charge in [-0.05, 0) is 68.1 Å². The standard InChI is InChI=1S/C22H33N3O2S.HI/c1-6-23-20(25-16-22(5,26)19-10-11-28-15-19)24-13-17-8-7-9-18(12-17)14-27-21(2,3)4;/h7-12,15,26H,6,13-14,16H2,1-5H3,(H2,23,24,25);1H. The molecule has 2 rings (SSSR count). The van der Waals surface area contributed by atoms with Crippen LogP contribution >= 0.6 is 35.3 Å². The molecule has 0 saturated heterocycles. The maximum Gasteiger partial charge on any atom is 0.191 e. The molecule has 162 valence electrons. The van der Waals surface area contributed by atoms with E-state index in [0.29, 0.717) is 25.7 Å². The number of ether oxygens (including phenoxy) is 1. The van der Waals surface area contributed by atoms with Gasteiger partial charge in [-0.25, -0.2) is 4.99 Å². The molecule has 1 heterocycles. The Morgan fingerprint density at radius 2 is 1.86 bits per heavy atom. The normalized spacial score (nSPS) is 14.1. The van der Waals surface area contributed by atoms with Crippen molar-refractivity contribution in [2.24, 2.45) is 4.99 Å². The van der Waals surface area contributed by atoms with Crippen LogP contribution in [-0.4, -0.2) is 29.8 Å². The van der Waals surface area contributed by atoms with Crippen LogP contribution in [0.25, 0.3) is 0 Å². The first kappa shape index (κ1) is 25.9. The van der Waals surface area contributed by atoms with Crippen molar-refractivity contribution in [3.05, 3.63) is 57.8 Å². The van der Waals surface area contributed by atoms with Crippen LogP contribution in [0.1, 0.15) is 51.3 Å². The quantitative estimate of drug-likeness (QED) is 0.264. The third-order valence-corrected chi connectivity index (χ3v) is 4.85. The summed E-state index contributed by atoms with van der Waals surface area (Å²) in [5.41, 5.74) is 2.07. The monoisotopic (exact) mass is 531 g/mol. The van der Waals surface area contributed by atoms with Crippen molar-refractivity contribution in [3.8, 4) is 0 Å². The Hall–Kier alpha value is -1.16. The van der Waals surface area contributed by atoms with Gasteiger partial charge >= 0.3 is 0 Å². The molecule has 5 nitrogen and oxygen atoms in total. The summed E-state index contributed by atoms with van der Waals surface area (Å²) in [7, 11) is 0. The molecule has 0 saturated carbocycles. The van der Waals surface area contributed by atoms with Crippen molar-refractivity contribution in [1.82, 2.24) is 10.6 Å². The lowest BCUT2D eigenvalue weighted by Gasteiger charge is -2.24.